The number of nitrogen functional groups attached to an aromatic ring is 2. The van der Waals surface area contributed by atoms with Gasteiger partial charge in [0.25, 0.3) is 0 Å². The number of hydrogen-bond acceptors (Lipinski definition) is 16. The Labute approximate surface area is 274 Å². The van der Waals surface area contributed by atoms with Gasteiger partial charge in [-0.25, -0.2) is 0 Å². The van der Waals surface area contributed by atoms with E-state index in [0.29, 0.717) is 11.2 Å². The molecule has 7 rings (SSSR count). The summed E-state index contributed by atoms with van der Waals surface area (Å²) < 4.78 is 26.5. The van der Waals surface area contributed by atoms with Gasteiger partial charge in [-0.15, -0.1) is 0 Å². The van der Waals surface area contributed by atoms with Crippen molar-refractivity contribution in [2.75, 3.05) is 24.7 Å². The first-order valence-electron chi connectivity index (χ1n) is 13.0. The Kier molecular flexibility index (Phi) is 8.48. The normalized spacial score (nSPS) is 37.7. The molecular weight excluding hydrogens is 808 g/mol. The number of hydrogen-bond donors (Lipinski definition) is 7. The van der Waals surface area contributed by atoms with Gasteiger partial charge in [0.2, 0.25) is 0 Å². The Morgan fingerprint density at radius 1 is 0.867 bits per heavy atom. The molecule has 0 aromatic carbocycles. The zero-order valence-corrected chi connectivity index (χ0v) is 29.3. The third-order valence-electron chi connectivity index (χ3n) is 7.32. The minimum absolute atomic E-state index is 0.0173. The monoisotopic (exact) mass is 834 g/mol. The molecule has 0 aliphatic carbocycles. The maximum absolute atomic E-state index is 12.4. The van der Waals surface area contributed by atoms with E-state index in [1.807, 2.05) is 0 Å². The van der Waals surface area contributed by atoms with Crippen molar-refractivity contribution in [3.8, 4) is 0 Å². The summed E-state index contributed by atoms with van der Waals surface area (Å²) in [6.07, 6.45) is -0.578. The minimum atomic E-state index is -4.05. The van der Waals surface area contributed by atoms with Gasteiger partial charge in [0, 0.05) is 0 Å². The Hall–Kier alpha value is -1.48. The van der Waals surface area contributed by atoms with Crippen molar-refractivity contribution in [1.29, 1.82) is 0 Å². The van der Waals surface area contributed by atoms with Crippen LogP contribution >= 0.6 is 13.4 Å². The summed E-state index contributed by atoms with van der Waals surface area (Å²) in [6.45, 7) is -8.53. The molecule has 3 aliphatic rings. The second-order valence-corrected chi connectivity index (χ2v) is 21.4. The van der Waals surface area contributed by atoms with Crippen LogP contribution in [0.2, 0.25) is 9.63 Å². The summed E-state index contributed by atoms with van der Waals surface area (Å²) in [6, 6.07) is 0. The molecule has 3 fully saturated rings. The van der Waals surface area contributed by atoms with Crippen LogP contribution in [0.25, 0.3) is 22.3 Å². The van der Waals surface area contributed by atoms with Gasteiger partial charge in [-0.2, -0.15) is 0 Å². The number of imidazole rings is 2. The Balaban J connectivity index is 1.21. The van der Waals surface area contributed by atoms with Crippen LogP contribution < -0.4 is 17.0 Å². The number of H-pyrrole nitrogens is 1. The van der Waals surface area contributed by atoms with Crippen molar-refractivity contribution in [1.82, 2.24) is 39.0 Å². The van der Waals surface area contributed by atoms with Crippen molar-refractivity contribution in [3.05, 3.63) is 29.3 Å². The SMILES string of the molecule is Nc1nc2c(ncn2[C@@H]2[Se][C@@H]3COP(O)(=S)O[C@@H]4C(O)[C@H](n5cnc6c(N)ncnc65)[Se][C@@H]4COP(O)(=S)O[C@H]2C3O)c(=O)[nH]1. The van der Waals surface area contributed by atoms with Gasteiger partial charge >= 0.3 is 276 Å². The van der Waals surface area contributed by atoms with Crippen LogP contribution in [-0.2, 0) is 41.7 Å². The number of aromatic nitrogens is 8. The van der Waals surface area contributed by atoms with Gasteiger partial charge in [0.1, 0.15) is 0 Å². The van der Waals surface area contributed by atoms with E-state index in [-0.39, 0.29) is 36.1 Å². The van der Waals surface area contributed by atoms with Crippen LogP contribution in [0.1, 0.15) is 9.88 Å². The van der Waals surface area contributed by atoms with Crippen molar-refractivity contribution in [2.24, 2.45) is 0 Å². The third-order valence-corrected chi connectivity index (χ3v) is 16.9. The summed E-state index contributed by atoms with van der Waals surface area (Å²) in [5.74, 6) is 0.0336. The first kappa shape index (κ1) is 32.1. The fourth-order valence-corrected chi connectivity index (χ4v) is 15.2. The van der Waals surface area contributed by atoms with E-state index in [9.17, 15) is 24.8 Å². The van der Waals surface area contributed by atoms with Gasteiger partial charge in [-0.3, -0.25) is 0 Å². The zero-order chi connectivity index (χ0) is 31.8. The molecule has 242 valence electrons. The van der Waals surface area contributed by atoms with Crippen LogP contribution in [0.15, 0.2) is 23.8 Å². The number of nitrogens with zero attached hydrogens (tertiary/aromatic N) is 7. The molecule has 9 N–H and O–H groups in total. The molecule has 4 aromatic rings. The first-order valence-corrected chi connectivity index (χ1v) is 22.1. The molecule has 45 heavy (non-hydrogen) atoms. The van der Waals surface area contributed by atoms with E-state index in [2.05, 4.69) is 29.9 Å². The van der Waals surface area contributed by atoms with Crippen molar-refractivity contribution in [3.63, 3.8) is 0 Å². The summed E-state index contributed by atoms with van der Waals surface area (Å²) in [5.41, 5.74) is 12.1. The van der Waals surface area contributed by atoms with Crippen LogP contribution in [-0.4, -0.2) is 127 Å². The maximum atomic E-state index is 12.4. The summed E-state index contributed by atoms with van der Waals surface area (Å²) >= 11 is 9.61. The third kappa shape index (κ3) is 5.93. The molecule has 0 saturated carbocycles. The zero-order valence-electron chi connectivity index (χ0n) is 22.4. The van der Waals surface area contributed by atoms with Gasteiger partial charge in [-0.05, 0) is 0 Å². The molecule has 7 heterocycles. The number of aromatic amines is 1. The van der Waals surface area contributed by atoms with E-state index in [1.54, 1.807) is 4.57 Å². The molecule has 2 bridgehead atoms. The molecule has 0 amide bonds. The topological polar surface area (TPSA) is 277 Å². The molecule has 4 aromatic heterocycles. The predicted molar refractivity (Wildman–Crippen MR) is 166 cm³/mol. The molecule has 0 spiro atoms. The number of nitrogens with two attached hydrogens (primary N) is 2. The second-order valence-electron chi connectivity index (χ2n) is 10.1. The van der Waals surface area contributed by atoms with E-state index >= 15 is 0 Å². The second kappa shape index (κ2) is 11.9. The molecule has 4 unspecified atom stereocenters. The number of aliphatic hydroxyl groups is 2. The van der Waals surface area contributed by atoms with E-state index in [0.717, 1.165) is 0 Å². The number of nitrogens with one attached hydrogen (secondary N) is 1. The molecule has 3 aliphatic heterocycles. The molecular formula is C20H24N10O9P2S2Se2. The average molecular weight is 832 g/mol. The van der Waals surface area contributed by atoms with Gasteiger partial charge in [-0.1, -0.05) is 0 Å². The quantitative estimate of drug-likeness (QED) is 0.0859. The van der Waals surface area contributed by atoms with Crippen LogP contribution in [0.4, 0.5) is 11.8 Å². The number of aliphatic hydroxyl groups excluding tert-OH is 2. The number of rotatable bonds is 2. The molecule has 3 saturated heterocycles. The van der Waals surface area contributed by atoms with E-state index < -0.39 is 92.8 Å². The number of anilines is 2. The van der Waals surface area contributed by atoms with Gasteiger partial charge < -0.3 is 0 Å². The average Bonchev–Trinajstić information content (AvgIpc) is 3.72. The fourth-order valence-electron chi connectivity index (χ4n) is 5.30. The Bertz CT molecular complexity index is 1950. The van der Waals surface area contributed by atoms with Crippen molar-refractivity contribution < 1.29 is 38.1 Å². The summed E-state index contributed by atoms with van der Waals surface area (Å²) in [5, 5.41) is 22.8. The molecule has 10 atom stereocenters. The van der Waals surface area contributed by atoms with Crippen LogP contribution in [0.5, 0.6) is 0 Å². The summed E-state index contributed by atoms with van der Waals surface area (Å²) in [7, 11) is 0. The molecule has 19 nitrogen and oxygen atoms in total. The molecule has 0 radical (unpaired) electrons. The molecule has 25 heteroatoms. The standard InChI is InChI=1S/C20H24N10O9P2S2Se2/c21-14-8-15(24-3-23-14)29(4-25-8)18-11(32)12-7(45-18)2-37-41(35,43)39-13-10(31)6(1-36-40(34,42)38-12)44-19(13)30-5-26-9-16(30)27-20(22)28-17(9)33/h3-7,10-13,18-19,31-32H,1-2H2,(H,34,42)(H,35,43)(H2,21,23,24)(H3,22,27,28,33)/t6-,7-,10?,11?,12+,13+,18-,19-,40?,41?/m1/s1. The predicted octanol–water partition coefficient (Wildman–Crippen LogP) is -1.89. The Morgan fingerprint density at radius 3 is 2.22 bits per heavy atom. The Morgan fingerprint density at radius 2 is 1.49 bits per heavy atom. The fraction of sp³-hybridized carbons (Fsp3) is 0.500. The summed E-state index contributed by atoms with van der Waals surface area (Å²) in [4.78, 5) is 55.4. The van der Waals surface area contributed by atoms with Gasteiger partial charge in [0.05, 0.1) is 0 Å². The van der Waals surface area contributed by atoms with E-state index in [4.69, 9.17) is 53.2 Å². The van der Waals surface area contributed by atoms with E-state index in [1.165, 1.54) is 23.5 Å². The van der Waals surface area contributed by atoms with Crippen LogP contribution in [0.3, 0.4) is 0 Å². The van der Waals surface area contributed by atoms with Crippen molar-refractivity contribution in [2.45, 2.75) is 43.9 Å². The van der Waals surface area contributed by atoms with Gasteiger partial charge in [0.15, 0.2) is 0 Å². The van der Waals surface area contributed by atoms with Crippen LogP contribution in [0, 0.1) is 0 Å². The first-order chi connectivity index (χ1) is 21.3. The van der Waals surface area contributed by atoms with Crippen molar-refractivity contribution >= 4 is 101 Å². The number of fused-ring (bicyclic) bond motifs is 5.